The highest BCUT2D eigenvalue weighted by molar-refractivity contribution is 6.53. The van der Waals surface area contributed by atoms with Crippen LogP contribution in [0.25, 0.3) is 0 Å². The summed E-state index contributed by atoms with van der Waals surface area (Å²) in [7, 11) is 0. The average Bonchev–Trinajstić information content (AvgIpc) is 3.07. The molecule has 3 amide bonds. The van der Waals surface area contributed by atoms with E-state index < -0.39 is 23.7 Å². The fourth-order valence-electron chi connectivity index (χ4n) is 3.54. The van der Waals surface area contributed by atoms with Crippen LogP contribution in [0.1, 0.15) is 27.6 Å². The summed E-state index contributed by atoms with van der Waals surface area (Å²) in [6, 6.07) is 16.9. The minimum absolute atomic E-state index is 0.164. The molecule has 1 aliphatic rings. The molecular weight excluding hydrogens is 541 g/mol. The van der Waals surface area contributed by atoms with E-state index in [1.165, 1.54) is 30.3 Å². The highest BCUT2D eigenvalue weighted by Crippen LogP contribution is 2.33. The van der Waals surface area contributed by atoms with Crippen molar-refractivity contribution in [3.8, 4) is 0 Å². The molecule has 0 spiro atoms. The molecule has 0 bridgehead atoms. The first-order valence-electron chi connectivity index (χ1n) is 10.9. The first-order chi connectivity index (χ1) is 17.7. The number of esters is 1. The summed E-state index contributed by atoms with van der Waals surface area (Å²) in [6.45, 7) is 1.93. The maximum Gasteiger partial charge on any atom is 0.338 e. The zero-order chi connectivity index (χ0) is 26.7. The molecule has 3 aromatic rings. The number of hydrogen-bond donors (Lipinski definition) is 2. The molecule has 0 unspecified atom stereocenters. The van der Waals surface area contributed by atoms with Crippen molar-refractivity contribution < 1.29 is 23.9 Å². The van der Waals surface area contributed by atoms with Crippen molar-refractivity contribution >= 4 is 75.6 Å². The molecule has 2 N–H and O–H groups in total. The van der Waals surface area contributed by atoms with Crippen molar-refractivity contribution in [2.24, 2.45) is 0 Å². The van der Waals surface area contributed by atoms with Gasteiger partial charge in [-0.25, -0.2) is 9.69 Å². The number of rotatable bonds is 7. The second-order valence-electron chi connectivity index (χ2n) is 7.72. The number of anilines is 3. The van der Waals surface area contributed by atoms with Gasteiger partial charge in [0.2, 0.25) is 0 Å². The zero-order valence-corrected chi connectivity index (χ0v) is 21.4. The van der Waals surface area contributed by atoms with E-state index in [-0.39, 0.29) is 38.6 Å². The Hall–Kier alpha value is -3.85. The van der Waals surface area contributed by atoms with Crippen molar-refractivity contribution in [3.63, 3.8) is 0 Å². The predicted molar refractivity (Wildman–Crippen MR) is 142 cm³/mol. The summed E-state index contributed by atoms with van der Waals surface area (Å²) < 4.78 is 4.98. The Morgan fingerprint density at radius 3 is 2.14 bits per heavy atom. The van der Waals surface area contributed by atoms with E-state index in [1.807, 2.05) is 0 Å². The highest BCUT2D eigenvalue weighted by atomic mass is 35.5. The van der Waals surface area contributed by atoms with Gasteiger partial charge in [0.05, 0.1) is 17.9 Å². The normalized spacial score (nSPS) is 13.1. The van der Waals surface area contributed by atoms with Crippen LogP contribution in [0.15, 0.2) is 77.5 Å². The third-order valence-corrected chi connectivity index (χ3v) is 5.95. The predicted octanol–water partition coefficient (Wildman–Crippen LogP) is 5.86. The van der Waals surface area contributed by atoms with Crippen LogP contribution in [0.5, 0.6) is 0 Å². The van der Waals surface area contributed by atoms with Crippen LogP contribution >= 0.6 is 34.8 Å². The number of nitrogens with one attached hydrogen (secondary N) is 2. The van der Waals surface area contributed by atoms with Gasteiger partial charge in [0.15, 0.2) is 0 Å². The Kier molecular flexibility index (Phi) is 7.83. The number of halogens is 3. The van der Waals surface area contributed by atoms with Gasteiger partial charge in [-0.2, -0.15) is 0 Å². The fraction of sp³-hybridized carbons (Fsp3) is 0.0769. The number of imide groups is 1. The van der Waals surface area contributed by atoms with Crippen LogP contribution < -0.4 is 15.5 Å². The van der Waals surface area contributed by atoms with Crippen LogP contribution in [0.3, 0.4) is 0 Å². The van der Waals surface area contributed by atoms with Gasteiger partial charge in [-0.05, 0) is 61.5 Å². The molecule has 0 aromatic heterocycles. The van der Waals surface area contributed by atoms with E-state index in [9.17, 15) is 19.2 Å². The molecule has 4 rings (SSSR count). The lowest BCUT2D eigenvalue weighted by molar-refractivity contribution is -0.120. The molecule has 0 saturated heterocycles. The summed E-state index contributed by atoms with van der Waals surface area (Å²) >= 11 is 18.2. The Morgan fingerprint density at radius 2 is 1.46 bits per heavy atom. The molecule has 8 nitrogen and oxygen atoms in total. The number of ether oxygens (including phenoxy) is 1. The second kappa shape index (κ2) is 11.0. The molecule has 1 aliphatic heterocycles. The molecule has 0 atom stereocenters. The van der Waals surface area contributed by atoms with Crippen LogP contribution in [0, 0.1) is 0 Å². The van der Waals surface area contributed by atoms with Crippen LogP contribution in [0.4, 0.5) is 17.1 Å². The van der Waals surface area contributed by atoms with Crippen molar-refractivity contribution in [2.75, 3.05) is 22.1 Å². The molecule has 3 aromatic carbocycles. The Labute approximate surface area is 226 Å². The zero-order valence-electron chi connectivity index (χ0n) is 19.2. The first kappa shape index (κ1) is 26.2. The van der Waals surface area contributed by atoms with E-state index >= 15 is 0 Å². The molecular formula is C26H18Cl3N3O5. The van der Waals surface area contributed by atoms with Gasteiger partial charge in [0.25, 0.3) is 17.7 Å². The monoisotopic (exact) mass is 557 g/mol. The summed E-state index contributed by atoms with van der Waals surface area (Å²) in [5.74, 6) is -2.42. The topological polar surface area (TPSA) is 105 Å². The Balaban J connectivity index is 1.52. The average molecular weight is 559 g/mol. The minimum atomic E-state index is -0.747. The third-order valence-electron chi connectivity index (χ3n) is 5.16. The van der Waals surface area contributed by atoms with E-state index in [0.717, 1.165) is 4.90 Å². The van der Waals surface area contributed by atoms with Crippen molar-refractivity contribution in [1.82, 2.24) is 0 Å². The van der Waals surface area contributed by atoms with E-state index in [1.54, 1.807) is 43.3 Å². The van der Waals surface area contributed by atoms with Gasteiger partial charge < -0.3 is 15.4 Å². The Morgan fingerprint density at radius 1 is 0.838 bits per heavy atom. The van der Waals surface area contributed by atoms with Crippen molar-refractivity contribution in [3.05, 3.63) is 98.6 Å². The summed E-state index contributed by atoms with van der Waals surface area (Å²) in [5, 5.41) is 5.70. The quantitative estimate of drug-likeness (QED) is 0.278. The van der Waals surface area contributed by atoms with E-state index in [2.05, 4.69) is 10.6 Å². The Bertz CT molecular complexity index is 1450. The maximum absolute atomic E-state index is 13.0. The minimum Gasteiger partial charge on any atom is -0.462 e. The van der Waals surface area contributed by atoms with Crippen molar-refractivity contribution in [1.29, 1.82) is 0 Å². The van der Waals surface area contributed by atoms with E-state index in [0.29, 0.717) is 16.9 Å². The van der Waals surface area contributed by atoms with Crippen LogP contribution in [-0.4, -0.2) is 30.3 Å². The number of carbonyl (C=O) groups is 4. The molecule has 0 fully saturated rings. The summed E-state index contributed by atoms with van der Waals surface area (Å²) in [5.41, 5.74) is 1.29. The third kappa shape index (κ3) is 5.77. The summed E-state index contributed by atoms with van der Waals surface area (Å²) in [6.07, 6.45) is 0. The van der Waals surface area contributed by atoms with Gasteiger partial charge in [0.1, 0.15) is 10.7 Å². The lowest BCUT2D eigenvalue weighted by Gasteiger charge is -2.16. The van der Waals surface area contributed by atoms with Gasteiger partial charge in [-0.1, -0.05) is 46.9 Å². The van der Waals surface area contributed by atoms with Gasteiger partial charge in [-0.15, -0.1) is 0 Å². The molecule has 11 heteroatoms. The first-order valence-corrected chi connectivity index (χ1v) is 12.0. The molecule has 0 radical (unpaired) electrons. The van der Waals surface area contributed by atoms with Gasteiger partial charge in [0, 0.05) is 27.0 Å². The smallest absolute Gasteiger partial charge is 0.338 e. The number of amides is 3. The molecule has 37 heavy (non-hydrogen) atoms. The van der Waals surface area contributed by atoms with Crippen LogP contribution in [0.2, 0.25) is 10.0 Å². The number of hydrogen-bond acceptors (Lipinski definition) is 6. The van der Waals surface area contributed by atoms with Gasteiger partial charge >= 0.3 is 5.97 Å². The molecule has 188 valence electrons. The maximum atomic E-state index is 13.0. The highest BCUT2D eigenvalue weighted by Gasteiger charge is 2.39. The summed E-state index contributed by atoms with van der Waals surface area (Å²) in [4.78, 5) is 51.4. The van der Waals surface area contributed by atoms with E-state index in [4.69, 9.17) is 39.5 Å². The van der Waals surface area contributed by atoms with Crippen LogP contribution in [-0.2, 0) is 14.3 Å². The lowest BCUT2D eigenvalue weighted by atomic mass is 10.1. The van der Waals surface area contributed by atoms with Crippen molar-refractivity contribution in [2.45, 2.75) is 6.92 Å². The molecule has 0 aliphatic carbocycles. The number of carbonyl (C=O) groups excluding carboxylic acids is 4. The standard InChI is InChI=1S/C26H18Cl3N3O5/c1-2-37-26(36)15-6-4-8-19(10-15)31-23(33)14-5-3-7-18(9-14)30-22-21(29)24(34)32(25(22)35)20-12-16(27)11-17(28)13-20/h3-13,30H,2H2,1H3,(H,31,33). The lowest BCUT2D eigenvalue weighted by Crippen LogP contribution is -2.32. The second-order valence-corrected chi connectivity index (χ2v) is 8.97. The molecule has 1 heterocycles. The number of benzene rings is 3. The number of nitrogens with zero attached hydrogens (tertiary/aromatic N) is 1. The SMILES string of the molecule is CCOC(=O)c1cccc(NC(=O)c2cccc(NC3=C(Cl)C(=O)N(c4cc(Cl)cc(Cl)c4)C3=O)c2)c1. The largest absolute Gasteiger partial charge is 0.462 e. The molecule has 0 saturated carbocycles. The van der Waals surface area contributed by atoms with Gasteiger partial charge in [-0.3, -0.25) is 14.4 Å². The fourth-order valence-corrected chi connectivity index (χ4v) is 4.27.